The molecule has 0 aromatic heterocycles. The quantitative estimate of drug-likeness (QED) is 0.583. The predicted octanol–water partition coefficient (Wildman–Crippen LogP) is 0.197. The number of hydrogen-bond acceptors (Lipinski definition) is 4. The number of nitrogens with zero attached hydrogens (tertiary/aromatic N) is 1. The van der Waals surface area contributed by atoms with Crippen LogP contribution in [0.4, 0.5) is 0 Å². The lowest BCUT2D eigenvalue weighted by molar-refractivity contribution is 0.494. The molecule has 0 spiro atoms. The minimum atomic E-state index is -0.338. The minimum Gasteiger partial charge on any atom is -0.370 e. The fourth-order valence-electron chi connectivity index (χ4n) is 0.748. The monoisotopic (exact) mass is 212 g/mol. The lowest BCUT2D eigenvalue weighted by atomic mass is 10.2. The molecular formula is C6H14Cl2N4. The lowest BCUT2D eigenvalue weighted by Gasteiger charge is -2.24. The smallest absolute Gasteiger partial charge is 0.194 e. The molecule has 1 aliphatic rings. The molecule has 0 saturated heterocycles. The number of likely N-dealkylation sites (N-methyl/N-ethyl adjacent to an activating group) is 1. The van der Waals surface area contributed by atoms with Gasteiger partial charge in [-0.05, 0) is 20.0 Å². The zero-order chi connectivity index (χ0) is 7.61. The van der Waals surface area contributed by atoms with Crippen molar-refractivity contribution in [1.29, 1.82) is 0 Å². The summed E-state index contributed by atoms with van der Waals surface area (Å²) in [6, 6.07) is 0. The molecule has 1 aliphatic heterocycles. The molecule has 0 aliphatic carbocycles. The van der Waals surface area contributed by atoms with Gasteiger partial charge in [-0.2, -0.15) is 0 Å². The van der Waals surface area contributed by atoms with E-state index in [4.69, 9.17) is 5.73 Å². The SMILES string of the molecule is CNC1(C)C=CNC(N)=N1.Cl.Cl. The number of hydrogen-bond donors (Lipinski definition) is 3. The molecule has 0 aromatic carbocycles. The minimum absolute atomic E-state index is 0. The van der Waals surface area contributed by atoms with Crippen molar-refractivity contribution in [3.8, 4) is 0 Å². The highest BCUT2D eigenvalue weighted by molar-refractivity contribution is 5.85. The molecule has 0 aromatic rings. The Hall–Kier alpha value is -0.450. The van der Waals surface area contributed by atoms with Crippen molar-refractivity contribution in [2.75, 3.05) is 7.05 Å². The van der Waals surface area contributed by atoms with Crippen molar-refractivity contribution in [2.24, 2.45) is 10.7 Å². The van der Waals surface area contributed by atoms with Crippen molar-refractivity contribution < 1.29 is 0 Å². The van der Waals surface area contributed by atoms with Crippen LogP contribution in [0.1, 0.15) is 6.92 Å². The van der Waals surface area contributed by atoms with Crippen LogP contribution in [0.2, 0.25) is 0 Å². The number of halogens is 2. The number of aliphatic imine (C=N–C) groups is 1. The lowest BCUT2D eigenvalue weighted by Crippen LogP contribution is -2.44. The van der Waals surface area contributed by atoms with Crippen LogP contribution in [0.15, 0.2) is 17.3 Å². The van der Waals surface area contributed by atoms with Gasteiger partial charge in [0.25, 0.3) is 0 Å². The standard InChI is InChI=1S/C6H12N4.2ClH/c1-6(8-2)3-4-9-5(7)10-6;;/h3-4,8H,1-2H3,(H3,7,9,10);2*1H. The maximum atomic E-state index is 5.43. The van der Waals surface area contributed by atoms with Gasteiger partial charge < -0.3 is 11.1 Å². The molecule has 6 heteroatoms. The normalized spacial score (nSPS) is 26.0. The molecule has 4 N–H and O–H groups in total. The van der Waals surface area contributed by atoms with Crippen molar-refractivity contribution in [3.05, 3.63) is 12.3 Å². The third-order valence-electron chi connectivity index (χ3n) is 1.50. The van der Waals surface area contributed by atoms with E-state index in [-0.39, 0.29) is 30.5 Å². The summed E-state index contributed by atoms with van der Waals surface area (Å²) in [7, 11) is 1.84. The Morgan fingerprint density at radius 1 is 1.58 bits per heavy atom. The van der Waals surface area contributed by atoms with Gasteiger partial charge in [0.1, 0.15) is 5.66 Å². The first kappa shape index (κ1) is 14.1. The van der Waals surface area contributed by atoms with Crippen LogP contribution in [0.3, 0.4) is 0 Å². The van der Waals surface area contributed by atoms with E-state index in [0.717, 1.165) is 0 Å². The van der Waals surface area contributed by atoms with Crippen LogP contribution in [0.5, 0.6) is 0 Å². The molecule has 0 saturated carbocycles. The van der Waals surface area contributed by atoms with E-state index in [1.807, 2.05) is 20.0 Å². The van der Waals surface area contributed by atoms with Gasteiger partial charge in [0, 0.05) is 6.20 Å². The topological polar surface area (TPSA) is 62.4 Å². The summed E-state index contributed by atoms with van der Waals surface area (Å²) in [6.45, 7) is 1.94. The van der Waals surface area contributed by atoms with Gasteiger partial charge >= 0.3 is 0 Å². The summed E-state index contributed by atoms with van der Waals surface area (Å²) >= 11 is 0. The molecule has 1 rings (SSSR count). The van der Waals surface area contributed by atoms with E-state index >= 15 is 0 Å². The van der Waals surface area contributed by atoms with Crippen LogP contribution in [0.25, 0.3) is 0 Å². The summed E-state index contributed by atoms with van der Waals surface area (Å²) in [6.07, 6.45) is 3.68. The molecule has 1 heterocycles. The summed E-state index contributed by atoms with van der Waals surface area (Å²) in [5.41, 5.74) is 5.10. The number of nitrogens with two attached hydrogens (primary N) is 1. The van der Waals surface area contributed by atoms with E-state index < -0.39 is 0 Å². The first-order valence-electron chi connectivity index (χ1n) is 3.15. The van der Waals surface area contributed by atoms with Gasteiger partial charge in [0.15, 0.2) is 5.96 Å². The molecule has 0 amide bonds. The second-order valence-corrected chi connectivity index (χ2v) is 2.37. The number of nitrogens with one attached hydrogen (secondary N) is 2. The fraction of sp³-hybridized carbons (Fsp3) is 0.500. The summed E-state index contributed by atoms with van der Waals surface area (Å²) in [5.74, 6) is 0.444. The summed E-state index contributed by atoms with van der Waals surface area (Å²) in [4.78, 5) is 4.12. The van der Waals surface area contributed by atoms with Crippen molar-refractivity contribution in [3.63, 3.8) is 0 Å². The third kappa shape index (κ3) is 3.30. The Balaban J connectivity index is 0. The van der Waals surface area contributed by atoms with Gasteiger partial charge in [-0.25, -0.2) is 4.99 Å². The molecular weight excluding hydrogens is 199 g/mol. The largest absolute Gasteiger partial charge is 0.370 e. The molecule has 0 fully saturated rings. The molecule has 0 radical (unpaired) electrons. The molecule has 1 unspecified atom stereocenters. The summed E-state index contributed by atoms with van der Waals surface area (Å²) in [5, 5.41) is 5.80. The average molecular weight is 213 g/mol. The Kier molecular flexibility index (Phi) is 6.16. The van der Waals surface area contributed by atoms with E-state index in [0.29, 0.717) is 5.96 Å². The Bertz CT molecular complexity index is 192. The van der Waals surface area contributed by atoms with Gasteiger partial charge in [0.2, 0.25) is 0 Å². The zero-order valence-corrected chi connectivity index (χ0v) is 8.63. The average Bonchev–Trinajstić information content (AvgIpc) is 1.88. The molecule has 72 valence electrons. The highest BCUT2D eigenvalue weighted by Crippen LogP contribution is 2.08. The molecule has 4 nitrogen and oxygen atoms in total. The van der Waals surface area contributed by atoms with Crippen LogP contribution >= 0.6 is 24.8 Å². The zero-order valence-electron chi connectivity index (χ0n) is 7.00. The van der Waals surface area contributed by atoms with Gasteiger partial charge in [-0.3, -0.25) is 5.32 Å². The van der Waals surface area contributed by atoms with Crippen molar-refractivity contribution >= 4 is 30.8 Å². The van der Waals surface area contributed by atoms with Crippen LogP contribution in [-0.4, -0.2) is 18.7 Å². The van der Waals surface area contributed by atoms with Gasteiger partial charge in [-0.1, -0.05) is 0 Å². The third-order valence-corrected chi connectivity index (χ3v) is 1.50. The Morgan fingerprint density at radius 2 is 2.17 bits per heavy atom. The van der Waals surface area contributed by atoms with E-state index in [1.165, 1.54) is 0 Å². The van der Waals surface area contributed by atoms with Crippen LogP contribution < -0.4 is 16.4 Å². The number of rotatable bonds is 1. The predicted molar refractivity (Wildman–Crippen MR) is 55.9 cm³/mol. The van der Waals surface area contributed by atoms with Crippen LogP contribution in [0, 0.1) is 0 Å². The summed E-state index contributed by atoms with van der Waals surface area (Å²) < 4.78 is 0. The first-order chi connectivity index (χ1) is 4.66. The van der Waals surface area contributed by atoms with E-state index in [1.54, 1.807) is 6.20 Å². The van der Waals surface area contributed by atoms with E-state index in [9.17, 15) is 0 Å². The van der Waals surface area contributed by atoms with Gasteiger partial charge in [0.05, 0.1) is 0 Å². The van der Waals surface area contributed by atoms with Crippen molar-refractivity contribution in [2.45, 2.75) is 12.6 Å². The van der Waals surface area contributed by atoms with E-state index in [2.05, 4.69) is 15.6 Å². The highest BCUT2D eigenvalue weighted by Gasteiger charge is 2.18. The maximum absolute atomic E-state index is 5.43. The highest BCUT2D eigenvalue weighted by atomic mass is 35.5. The second kappa shape index (κ2) is 5.24. The van der Waals surface area contributed by atoms with Crippen molar-refractivity contribution in [1.82, 2.24) is 10.6 Å². The fourth-order valence-corrected chi connectivity index (χ4v) is 0.748. The second-order valence-electron chi connectivity index (χ2n) is 2.37. The van der Waals surface area contributed by atoms with Gasteiger partial charge in [-0.15, -0.1) is 24.8 Å². The van der Waals surface area contributed by atoms with Crippen LogP contribution in [-0.2, 0) is 0 Å². The maximum Gasteiger partial charge on any atom is 0.194 e. The molecule has 1 atom stereocenters. The first-order valence-corrected chi connectivity index (χ1v) is 3.15. The molecule has 12 heavy (non-hydrogen) atoms. The Labute approximate surface area is 84.5 Å². The molecule has 0 bridgehead atoms. The number of guanidine groups is 1. The Morgan fingerprint density at radius 3 is 2.50 bits per heavy atom.